The molecule has 2 fully saturated rings. The van der Waals surface area contributed by atoms with Gasteiger partial charge in [0.25, 0.3) is 0 Å². The first kappa shape index (κ1) is 24.7. The molecule has 0 amide bonds. The fraction of sp³-hybridized carbons (Fsp3) is 0.607. The highest BCUT2D eigenvalue weighted by Gasteiger charge is 2.25. The fourth-order valence-corrected chi connectivity index (χ4v) is 5.82. The molecule has 2 aromatic rings. The minimum atomic E-state index is 0.467. The molecule has 3 aliphatic heterocycles. The second-order valence-electron chi connectivity index (χ2n) is 10.4. The third-order valence-corrected chi connectivity index (χ3v) is 7.87. The predicted molar refractivity (Wildman–Crippen MR) is 144 cm³/mol. The van der Waals surface area contributed by atoms with Crippen LogP contribution in [0.25, 0.3) is 0 Å². The smallest absolute Gasteiger partial charge is 0.0573 e. The van der Waals surface area contributed by atoms with Crippen LogP contribution in [0, 0.1) is 6.92 Å². The number of benzene rings is 1. The molecule has 1 aromatic heterocycles. The standard InChI is InChI=1S/C28H43N7/c1-23-5-3-8-31-27(23)22-34(14-4-13-33-15-9-29-10-16-33)21-25-19-26-24(20-32-25)6-2-7-28(26)35-17-11-30-12-18-35/h2-3,5-8,25,29-30,32H,4,9-22H2,1H3. The van der Waals surface area contributed by atoms with Gasteiger partial charge < -0.3 is 25.8 Å². The molecule has 1 aromatic carbocycles. The fourth-order valence-electron chi connectivity index (χ4n) is 5.82. The Labute approximate surface area is 211 Å². The molecule has 7 nitrogen and oxygen atoms in total. The summed E-state index contributed by atoms with van der Waals surface area (Å²) >= 11 is 0. The van der Waals surface area contributed by atoms with Crippen LogP contribution in [0.2, 0.25) is 0 Å². The van der Waals surface area contributed by atoms with Crippen molar-refractivity contribution in [2.45, 2.75) is 38.9 Å². The number of hydrogen-bond acceptors (Lipinski definition) is 7. The lowest BCUT2D eigenvalue weighted by Gasteiger charge is -2.36. The van der Waals surface area contributed by atoms with E-state index in [9.17, 15) is 0 Å². The zero-order chi connectivity index (χ0) is 23.9. The second-order valence-corrected chi connectivity index (χ2v) is 10.4. The van der Waals surface area contributed by atoms with Crippen LogP contribution in [0.3, 0.4) is 0 Å². The first-order chi connectivity index (χ1) is 17.3. The molecule has 2 saturated heterocycles. The summed E-state index contributed by atoms with van der Waals surface area (Å²) in [6.07, 6.45) is 4.25. The van der Waals surface area contributed by atoms with E-state index in [1.165, 1.54) is 48.6 Å². The number of nitrogens with one attached hydrogen (secondary N) is 3. The van der Waals surface area contributed by atoms with Gasteiger partial charge in [0, 0.05) is 89.9 Å². The Morgan fingerprint density at radius 2 is 1.80 bits per heavy atom. The summed E-state index contributed by atoms with van der Waals surface area (Å²) in [4.78, 5) is 12.6. The topological polar surface area (TPSA) is 58.7 Å². The molecule has 4 heterocycles. The molecule has 35 heavy (non-hydrogen) atoms. The Hall–Kier alpha value is -2.03. The summed E-state index contributed by atoms with van der Waals surface area (Å²) < 4.78 is 0. The van der Waals surface area contributed by atoms with Gasteiger partial charge in [0.1, 0.15) is 0 Å². The van der Waals surface area contributed by atoms with Crippen molar-refractivity contribution < 1.29 is 0 Å². The third-order valence-electron chi connectivity index (χ3n) is 7.87. The summed E-state index contributed by atoms with van der Waals surface area (Å²) in [7, 11) is 0. The van der Waals surface area contributed by atoms with Crippen LogP contribution in [-0.2, 0) is 19.5 Å². The molecule has 0 saturated carbocycles. The molecular weight excluding hydrogens is 434 g/mol. The van der Waals surface area contributed by atoms with E-state index in [1.54, 1.807) is 5.56 Å². The van der Waals surface area contributed by atoms with E-state index in [1.807, 2.05) is 12.3 Å². The summed E-state index contributed by atoms with van der Waals surface area (Å²) in [6.45, 7) is 16.4. The van der Waals surface area contributed by atoms with Gasteiger partial charge in [-0.2, -0.15) is 0 Å². The number of aromatic nitrogens is 1. The number of aryl methyl sites for hydroxylation is 1. The second kappa shape index (κ2) is 12.3. The Morgan fingerprint density at radius 3 is 2.60 bits per heavy atom. The zero-order valence-electron chi connectivity index (χ0n) is 21.4. The van der Waals surface area contributed by atoms with Gasteiger partial charge in [-0.3, -0.25) is 9.88 Å². The lowest BCUT2D eigenvalue weighted by molar-refractivity contribution is 0.191. The van der Waals surface area contributed by atoms with Crippen molar-refractivity contribution in [3.63, 3.8) is 0 Å². The number of hydrogen-bond donors (Lipinski definition) is 3. The van der Waals surface area contributed by atoms with Crippen molar-refractivity contribution in [1.29, 1.82) is 0 Å². The number of piperazine rings is 2. The Bertz CT molecular complexity index is 937. The minimum Gasteiger partial charge on any atom is -0.369 e. The van der Waals surface area contributed by atoms with Crippen LogP contribution >= 0.6 is 0 Å². The van der Waals surface area contributed by atoms with Gasteiger partial charge in [-0.25, -0.2) is 0 Å². The van der Waals surface area contributed by atoms with Gasteiger partial charge in [0.15, 0.2) is 0 Å². The highest BCUT2D eigenvalue weighted by Crippen LogP contribution is 2.29. The number of nitrogens with zero attached hydrogens (tertiary/aromatic N) is 4. The number of anilines is 1. The first-order valence-electron chi connectivity index (χ1n) is 13.6. The van der Waals surface area contributed by atoms with Crippen LogP contribution in [0.15, 0.2) is 36.5 Å². The molecule has 5 rings (SSSR count). The normalized spacial score (nSPS) is 21.3. The minimum absolute atomic E-state index is 0.467. The quantitative estimate of drug-likeness (QED) is 0.507. The van der Waals surface area contributed by atoms with Gasteiger partial charge in [-0.1, -0.05) is 18.2 Å². The number of pyridine rings is 1. The largest absolute Gasteiger partial charge is 0.369 e. The molecule has 190 valence electrons. The van der Waals surface area contributed by atoms with E-state index in [4.69, 9.17) is 4.98 Å². The van der Waals surface area contributed by atoms with Gasteiger partial charge in [-0.15, -0.1) is 0 Å². The van der Waals surface area contributed by atoms with Crippen LogP contribution in [0.1, 0.15) is 28.8 Å². The van der Waals surface area contributed by atoms with Gasteiger partial charge in [-0.05, 0) is 61.7 Å². The van der Waals surface area contributed by atoms with Crippen molar-refractivity contribution in [2.24, 2.45) is 0 Å². The van der Waals surface area contributed by atoms with Crippen molar-refractivity contribution in [3.8, 4) is 0 Å². The van der Waals surface area contributed by atoms with E-state index in [-0.39, 0.29) is 0 Å². The molecule has 1 atom stereocenters. The van der Waals surface area contributed by atoms with Crippen molar-refractivity contribution in [1.82, 2.24) is 30.7 Å². The maximum Gasteiger partial charge on any atom is 0.0573 e. The maximum atomic E-state index is 4.73. The molecule has 3 aliphatic rings. The molecular formula is C28H43N7. The summed E-state index contributed by atoms with van der Waals surface area (Å²) in [5.74, 6) is 0. The van der Waals surface area contributed by atoms with E-state index in [0.717, 1.165) is 71.9 Å². The molecule has 3 N–H and O–H groups in total. The van der Waals surface area contributed by atoms with Crippen molar-refractivity contribution in [2.75, 3.05) is 76.9 Å². The maximum absolute atomic E-state index is 4.73. The molecule has 0 aliphatic carbocycles. The van der Waals surface area contributed by atoms with Crippen LogP contribution in [0.5, 0.6) is 0 Å². The van der Waals surface area contributed by atoms with E-state index in [2.05, 4.69) is 61.8 Å². The Morgan fingerprint density at radius 1 is 1.00 bits per heavy atom. The highest BCUT2D eigenvalue weighted by molar-refractivity contribution is 5.58. The average molecular weight is 478 g/mol. The Balaban J connectivity index is 1.25. The van der Waals surface area contributed by atoms with Gasteiger partial charge >= 0.3 is 0 Å². The average Bonchev–Trinajstić information content (AvgIpc) is 2.91. The monoisotopic (exact) mass is 477 g/mol. The van der Waals surface area contributed by atoms with Crippen molar-refractivity contribution in [3.05, 3.63) is 58.9 Å². The summed E-state index contributed by atoms with van der Waals surface area (Å²) in [5, 5.41) is 10.8. The molecule has 0 radical (unpaired) electrons. The number of rotatable bonds is 9. The molecule has 0 spiro atoms. The number of fused-ring (bicyclic) bond motifs is 1. The van der Waals surface area contributed by atoms with E-state index < -0.39 is 0 Å². The Kier molecular flexibility index (Phi) is 8.65. The summed E-state index contributed by atoms with van der Waals surface area (Å²) in [6, 6.07) is 11.6. The van der Waals surface area contributed by atoms with Gasteiger partial charge in [0.2, 0.25) is 0 Å². The lowest BCUT2D eigenvalue weighted by atomic mass is 9.93. The molecule has 7 heteroatoms. The van der Waals surface area contributed by atoms with E-state index >= 15 is 0 Å². The SMILES string of the molecule is Cc1cccnc1CN(CCCN1CCNCC1)CC1Cc2c(cccc2N2CCNCC2)CN1. The van der Waals surface area contributed by atoms with Crippen LogP contribution in [-0.4, -0.2) is 92.8 Å². The summed E-state index contributed by atoms with van der Waals surface area (Å²) in [5.41, 5.74) is 7.01. The first-order valence-corrected chi connectivity index (χ1v) is 13.6. The molecule has 0 bridgehead atoms. The van der Waals surface area contributed by atoms with E-state index in [0.29, 0.717) is 6.04 Å². The van der Waals surface area contributed by atoms with Gasteiger partial charge in [0.05, 0.1) is 5.69 Å². The predicted octanol–water partition coefficient (Wildman–Crippen LogP) is 1.61. The van der Waals surface area contributed by atoms with Crippen LogP contribution < -0.4 is 20.9 Å². The zero-order valence-corrected chi connectivity index (χ0v) is 21.4. The third kappa shape index (κ3) is 6.60. The highest BCUT2D eigenvalue weighted by atomic mass is 15.2. The van der Waals surface area contributed by atoms with Crippen LogP contribution in [0.4, 0.5) is 5.69 Å². The van der Waals surface area contributed by atoms with Crippen molar-refractivity contribution >= 4 is 5.69 Å². The molecule has 1 unspecified atom stereocenters. The lowest BCUT2D eigenvalue weighted by Crippen LogP contribution is -2.47.